The van der Waals surface area contributed by atoms with Gasteiger partial charge in [-0.25, -0.2) is 0 Å². The molecule has 4 aliphatic rings. The van der Waals surface area contributed by atoms with Crippen LogP contribution >= 0.6 is 0 Å². The summed E-state index contributed by atoms with van der Waals surface area (Å²) in [6, 6.07) is 22.8. The first-order chi connectivity index (χ1) is 25.3. The number of amides is 2. The lowest BCUT2D eigenvalue weighted by Crippen LogP contribution is -2.32. The van der Waals surface area contributed by atoms with Gasteiger partial charge in [0.1, 0.15) is 5.75 Å². The van der Waals surface area contributed by atoms with Crippen LogP contribution in [0.15, 0.2) is 95.2 Å². The third kappa shape index (κ3) is 6.10. The van der Waals surface area contributed by atoms with Gasteiger partial charge in [-0.2, -0.15) is 0 Å². The first-order valence-corrected chi connectivity index (χ1v) is 17.5. The van der Waals surface area contributed by atoms with Crippen molar-refractivity contribution in [3.63, 3.8) is 0 Å². The van der Waals surface area contributed by atoms with Crippen molar-refractivity contribution < 1.29 is 23.8 Å². The fourth-order valence-electron chi connectivity index (χ4n) is 7.12. The SMILES string of the molecule is COc1cc2c(cc1OCCCOc1cc3c(cc1C)C(=O)N1C=C(c4ccccc4N)C[C@H]1C=N3)N=C[C@@H]1CC(c3ccc(C)cc3)=CN1C2=O. The number of hydrogen-bond donors (Lipinski definition) is 1. The number of rotatable bonds is 9. The minimum Gasteiger partial charge on any atom is -0.493 e. The molecule has 52 heavy (non-hydrogen) atoms. The zero-order chi connectivity index (χ0) is 35.9. The van der Waals surface area contributed by atoms with Gasteiger partial charge in [0.2, 0.25) is 0 Å². The number of nitrogens with two attached hydrogens (primary N) is 1. The Morgan fingerprint density at radius 3 is 1.98 bits per heavy atom. The van der Waals surface area contributed by atoms with Gasteiger partial charge in [0.15, 0.2) is 11.5 Å². The van der Waals surface area contributed by atoms with Crippen LogP contribution in [-0.4, -0.2) is 66.5 Å². The standard InChI is InChI=1S/C42H39N5O5/c1-25-9-11-27(12-10-25)28-16-30-21-45-37-20-40(39(50-3)18-34(37)42(49)46(30)23-28)52-14-6-13-51-38-19-36-33(15-26(38)2)41(48)47-24-29(17-31(47)22-44-36)32-7-4-5-8-35(32)43/h4-5,7-12,15,18-24,30-31H,6,13-14,16-17,43H2,1-3H3/t30-,31-/m0/s1. The van der Waals surface area contributed by atoms with Gasteiger partial charge in [-0.15, -0.1) is 0 Å². The number of hydrogen-bond acceptors (Lipinski definition) is 8. The molecule has 4 aromatic rings. The monoisotopic (exact) mass is 693 g/mol. The Morgan fingerprint density at radius 2 is 1.31 bits per heavy atom. The summed E-state index contributed by atoms with van der Waals surface area (Å²) in [5, 5.41) is 0. The van der Waals surface area contributed by atoms with Crippen molar-refractivity contribution in [2.24, 2.45) is 9.98 Å². The summed E-state index contributed by atoms with van der Waals surface area (Å²) in [6.45, 7) is 4.72. The first-order valence-electron chi connectivity index (χ1n) is 17.5. The molecular weight excluding hydrogens is 654 g/mol. The fraction of sp³-hybridized carbons (Fsp3) is 0.238. The number of benzene rings is 4. The molecule has 0 aromatic heterocycles. The molecule has 4 aliphatic heterocycles. The molecule has 0 radical (unpaired) electrons. The van der Waals surface area contributed by atoms with Crippen LogP contribution in [0.1, 0.15) is 62.2 Å². The van der Waals surface area contributed by atoms with Crippen LogP contribution in [0.25, 0.3) is 11.1 Å². The lowest BCUT2D eigenvalue weighted by atomic mass is 10.0. The Labute approximate surface area is 302 Å². The molecular formula is C42H39N5O5. The fourth-order valence-corrected chi connectivity index (χ4v) is 7.12. The first kappa shape index (κ1) is 33.0. The Bertz CT molecular complexity index is 2220. The van der Waals surface area contributed by atoms with E-state index < -0.39 is 0 Å². The van der Waals surface area contributed by atoms with E-state index in [1.54, 1.807) is 29.0 Å². The van der Waals surface area contributed by atoms with Crippen LogP contribution in [-0.2, 0) is 0 Å². The van der Waals surface area contributed by atoms with Crippen molar-refractivity contribution in [2.45, 2.75) is 45.2 Å². The molecule has 0 spiro atoms. The van der Waals surface area contributed by atoms with Crippen LogP contribution in [0.4, 0.5) is 17.1 Å². The smallest absolute Gasteiger partial charge is 0.260 e. The Kier molecular flexibility index (Phi) is 8.58. The Hall–Kier alpha value is -6.16. The maximum atomic E-state index is 13.7. The number of fused-ring (bicyclic) bond motifs is 4. The molecule has 0 bridgehead atoms. The number of carbonyl (C=O) groups is 2. The normalized spacial score (nSPS) is 18.5. The lowest BCUT2D eigenvalue weighted by molar-refractivity contribution is 0.0809. The zero-order valence-corrected chi connectivity index (χ0v) is 29.3. The number of anilines is 1. The summed E-state index contributed by atoms with van der Waals surface area (Å²) in [6.07, 6.45) is 9.41. The molecule has 4 heterocycles. The van der Waals surface area contributed by atoms with Gasteiger partial charge in [0.25, 0.3) is 11.8 Å². The molecule has 2 N–H and O–H groups in total. The average molecular weight is 694 g/mol. The second-order valence-corrected chi connectivity index (χ2v) is 13.5. The number of carbonyl (C=O) groups excluding carboxylic acids is 2. The highest BCUT2D eigenvalue weighted by atomic mass is 16.5. The van der Waals surface area contributed by atoms with Gasteiger partial charge < -0.3 is 29.7 Å². The minimum absolute atomic E-state index is 0.102. The number of methoxy groups -OCH3 is 1. The number of ether oxygens (including phenoxy) is 3. The Balaban J connectivity index is 0.904. The zero-order valence-electron chi connectivity index (χ0n) is 29.3. The molecule has 0 saturated carbocycles. The summed E-state index contributed by atoms with van der Waals surface area (Å²) in [5.41, 5.74) is 15.2. The molecule has 2 amide bonds. The van der Waals surface area contributed by atoms with Gasteiger partial charge in [0.05, 0.1) is 54.9 Å². The maximum absolute atomic E-state index is 13.7. The molecule has 10 heteroatoms. The quantitative estimate of drug-likeness (QED) is 0.142. The second-order valence-electron chi connectivity index (χ2n) is 13.5. The van der Waals surface area contributed by atoms with Crippen molar-refractivity contribution in [3.05, 3.63) is 119 Å². The predicted octanol–water partition coefficient (Wildman–Crippen LogP) is 7.69. The number of aryl methyl sites for hydroxylation is 2. The van der Waals surface area contributed by atoms with Crippen LogP contribution in [0.5, 0.6) is 17.2 Å². The van der Waals surface area contributed by atoms with E-state index in [9.17, 15) is 9.59 Å². The van der Waals surface area contributed by atoms with Gasteiger partial charge in [0, 0.05) is 67.5 Å². The molecule has 10 nitrogen and oxygen atoms in total. The van der Waals surface area contributed by atoms with E-state index in [1.807, 2.05) is 68.2 Å². The van der Waals surface area contributed by atoms with Crippen molar-refractivity contribution in [3.8, 4) is 17.2 Å². The van der Waals surface area contributed by atoms with E-state index in [0.29, 0.717) is 77.9 Å². The predicted molar refractivity (Wildman–Crippen MR) is 203 cm³/mol. The molecule has 2 atom stereocenters. The van der Waals surface area contributed by atoms with Crippen LogP contribution in [0.3, 0.4) is 0 Å². The molecule has 0 fully saturated rings. The third-order valence-electron chi connectivity index (χ3n) is 9.97. The topological polar surface area (TPSA) is 119 Å². The third-order valence-corrected chi connectivity index (χ3v) is 9.97. The van der Waals surface area contributed by atoms with Crippen LogP contribution < -0.4 is 19.9 Å². The van der Waals surface area contributed by atoms with Crippen molar-refractivity contribution in [2.75, 3.05) is 26.1 Å². The molecule has 0 aliphatic carbocycles. The van der Waals surface area contributed by atoms with E-state index >= 15 is 0 Å². The van der Waals surface area contributed by atoms with Crippen molar-refractivity contribution in [1.82, 2.24) is 9.80 Å². The largest absolute Gasteiger partial charge is 0.493 e. The van der Waals surface area contributed by atoms with E-state index in [2.05, 4.69) is 31.2 Å². The highest BCUT2D eigenvalue weighted by molar-refractivity contribution is 6.06. The Morgan fingerprint density at radius 1 is 0.712 bits per heavy atom. The van der Waals surface area contributed by atoms with Crippen molar-refractivity contribution >= 4 is 52.5 Å². The second kappa shape index (κ2) is 13.5. The summed E-state index contributed by atoms with van der Waals surface area (Å²) in [5.74, 6) is 1.40. The van der Waals surface area contributed by atoms with Crippen molar-refractivity contribution in [1.29, 1.82) is 0 Å². The highest BCUT2D eigenvalue weighted by Gasteiger charge is 2.35. The molecule has 4 aromatic carbocycles. The molecule has 262 valence electrons. The number of nitrogen functional groups attached to an aromatic ring is 1. The molecule has 8 rings (SSSR count). The molecule has 0 saturated heterocycles. The van der Waals surface area contributed by atoms with E-state index in [0.717, 1.165) is 27.8 Å². The number of nitrogens with zero attached hydrogens (tertiary/aromatic N) is 4. The van der Waals surface area contributed by atoms with Gasteiger partial charge in [-0.05, 0) is 54.3 Å². The number of para-hydroxylation sites is 1. The average Bonchev–Trinajstić information content (AvgIpc) is 3.72. The van der Waals surface area contributed by atoms with E-state index in [1.165, 1.54) is 5.56 Å². The van der Waals surface area contributed by atoms with Gasteiger partial charge in [-0.3, -0.25) is 19.6 Å². The van der Waals surface area contributed by atoms with E-state index in [4.69, 9.17) is 29.9 Å². The summed E-state index contributed by atoms with van der Waals surface area (Å²) in [7, 11) is 1.56. The number of aliphatic imine (C=N–C) groups is 2. The summed E-state index contributed by atoms with van der Waals surface area (Å²) < 4.78 is 17.9. The van der Waals surface area contributed by atoms with Gasteiger partial charge in [-0.1, -0.05) is 48.0 Å². The van der Waals surface area contributed by atoms with E-state index in [-0.39, 0.29) is 23.9 Å². The highest BCUT2D eigenvalue weighted by Crippen LogP contribution is 2.41. The summed E-state index contributed by atoms with van der Waals surface area (Å²) >= 11 is 0. The summed E-state index contributed by atoms with van der Waals surface area (Å²) in [4.78, 5) is 40.3. The molecule has 0 unspecified atom stereocenters. The lowest BCUT2D eigenvalue weighted by Gasteiger charge is -2.19. The van der Waals surface area contributed by atoms with Gasteiger partial charge >= 0.3 is 0 Å². The maximum Gasteiger partial charge on any atom is 0.260 e. The van der Waals surface area contributed by atoms with Crippen LogP contribution in [0, 0.1) is 13.8 Å². The van der Waals surface area contributed by atoms with Crippen LogP contribution in [0.2, 0.25) is 0 Å². The minimum atomic E-state index is -0.184.